The molecule has 0 saturated heterocycles. The molecule has 0 radical (unpaired) electrons. The van der Waals surface area contributed by atoms with Crippen molar-refractivity contribution in [3.63, 3.8) is 0 Å². The van der Waals surface area contributed by atoms with E-state index in [9.17, 15) is 23.5 Å². The Bertz CT molecular complexity index is 1330. The highest BCUT2D eigenvalue weighted by Gasteiger charge is 2.38. The summed E-state index contributed by atoms with van der Waals surface area (Å²) in [4.78, 5) is 26.0. The van der Waals surface area contributed by atoms with Crippen LogP contribution in [0, 0.1) is 11.6 Å². The van der Waals surface area contributed by atoms with Crippen LogP contribution in [0.2, 0.25) is 0 Å². The van der Waals surface area contributed by atoms with Gasteiger partial charge in [0.2, 0.25) is 0 Å². The number of carboxylic acid groups (broad SMARTS) is 1. The number of nitrogens with zero attached hydrogens (tertiary/aromatic N) is 1. The van der Waals surface area contributed by atoms with Crippen LogP contribution in [0.25, 0.3) is 0 Å². The Hall–Kier alpha value is -3.46. The van der Waals surface area contributed by atoms with Gasteiger partial charge in [-0.25, -0.2) is 8.78 Å². The van der Waals surface area contributed by atoms with Crippen LogP contribution in [-0.4, -0.2) is 41.1 Å². The summed E-state index contributed by atoms with van der Waals surface area (Å²) < 4.78 is 40.9. The van der Waals surface area contributed by atoms with Crippen molar-refractivity contribution in [3.05, 3.63) is 93.0 Å². The average Bonchev–Trinajstić information content (AvgIpc) is 3.16. The van der Waals surface area contributed by atoms with Gasteiger partial charge in [0.15, 0.2) is 11.5 Å². The van der Waals surface area contributed by atoms with Crippen LogP contribution in [0.3, 0.4) is 0 Å². The summed E-state index contributed by atoms with van der Waals surface area (Å²) >= 11 is 3.19. The molecule has 1 amide bonds. The molecule has 36 heavy (non-hydrogen) atoms. The Morgan fingerprint density at radius 1 is 1.11 bits per heavy atom. The molecule has 3 aromatic rings. The molecule has 6 nitrogen and oxygen atoms in total. The van der Waals surface area contributed by atoms with Gasteiger partial charge in [0.1, 0.15) is 23.8 Å². The maximum atomic E-state index is 14.4. The van der Waals surface area contributed by atoms with E-state index in [-0.39, 0.29) is 23.5 Å². The zero-order valence-electron chi connectivity index (χ0n) is 19.7. The molecule has 1 aliphatic rings. The summed E-state index contributed by atoms with van der Waals surface area (Å²) in [5.41, 5.74) is 0.777. The Morgan fingerprint density at radius 3 is 2.53 bits per heavy atom. The van der Waals surface area contributed by atoms with Gasteiger partial charge in [-0.3, -0.25) is 9.59 Å². The van der Waals surface area contributed by atoms with Crippen molar-refractivity contribution in [1.82, 2.24) is 4.90 Å². The van der Waals surface area contributed by atoms with E-state index in [2.05, 4.69) is 15.9 Å². The lowest BCUT2D eigenvalue weighted by atomic mass is 9.91. The quantitative estimate of drug-likeness (QED) is 0.400. The monoisotopic (exact) mass is 559 g/mol. The Balaban J connectivity index is 1.63. The van der Waals surface area contributed by atoms with Gasteiger partial charge in [-0.1, -0.05) is 40.2 Å². The second-order valence-corrected chi connectivity index (χ2v) is 9.87. The van der Waals surface area contributed by atoms with Crippen molar-refractivity contribution in [2.45, 2.75) is 31.9 Å². The van der Waals surface area contributed by atoms with Crippen molar-refractivity contribution in [1.29, 1.82) is 0 Å². The van der Waals surface area contributed by atoms with Gasteiger partial charge in [0, 0.05) is 40.5 Å². The number of carboxylic acids is 1. The number of methoxy groups -OCH3 is 1. The molecule has 0 unspecified atom stereocenters. The average molecular weight is 560 g/mol. The lowest BCUT2D eigenvalue weighted by Crippen LogP contribution is -2.35. The Morgan fingerprint density at radius 2 is 1.86 bits per heavy atom. The fraction of sp³-hybridized carbons (Fsp3) is 0.259. The van der Waals surface area contributed by atoms with E-state index >= 15 is 0 Å². The van der Waals surface area contributed by atoms with Crippen molar-refractivity contribution >= 4 is 27.8 Å². The number of hydrogen-bond acceptors (Lipinski definition) is 4. The molecule has 0 saturated carbocycles. The van der Waals surface area contributed by atoms with E-state index in [4.69, 9.17) is 9.47 Å². The minimum absolute atomic E-state index is 0.182. The molecule has 1 N–H and O–H groups in total. The molecule has 0 aromatic heterocycles. The number of carbonyl (C=O) groups is 2. The first kappa shape index (κ1) is 25.6. The summed E-state index contributed by atoms with van der Waals surface area (Å²) in [5.74, 6) is -1.95. The number of amides is 1. The molecule has 0 aliphatic carbocycles. The summed E-state index contributed by atoms with van der Waals surface area (Å²) in [6, 6.07) is 13.9. The van der Waals surface area contributed by atoms with Crippen LogP contribution in [0.1, 0.15) is 34.0 Å². The largest absolute Gasteiger partial charge is 0.493 e. The SMILES string of the molecule is COc1cc(C(=O)N(CC(=O)O)Cc2ccc(Br)cc2F)cc2c1O[C@](C)(Cc1ccccc1F)C2. The molecule has 0 bridgehead atoms. The van der Waals surface area contributed by atoms with Gasteiger partial charge in [0.05, 0.1) is 7.11 Å². The van der Waals surface area contributed by atoms with Crippen LogP contribution < -0.4 is 9.47 Å². The van der Waals surface area contributed by atoms with E-state index in [0.717, 1.165) is 4.90 Å². The number of aliphatic carboxylic acids is 1. The topological polar surface area (TPSA) is 76.1 Å². The lowest BCUT2D eigenvalue weighted by Gasteiger charge is -2.24. The summed E-state index contributed by atoms with van der Waals surface area (Å²) in [6.07, 6.45) is 0.684. The van der Waals surface area contributed by atoms with Crippen LogP contribution in [0.15, 0.2) is 59.1 Å². The third-order valence-electron chi connectivity index (χ3n) is 6.02. The van der Waals surface area contributed by atoms with Crippen molar-refractivity contribution in [2.24, 2.45) is 0 Å². The first-order valence-electron chi connectivity index (χ1n) is 11.2. The van der Waals surface area contributed by atoms with Crippen LogP contribution in [-0.2, 0) is 24.2 Å². The standard InChI is InChI=1S/C27H24BrF2NO5/c1-27(12-16-5-3-4-6-21(16)29)13-19-9-18(10-23(35-2)25(19)36-27)26(34)31(15-24(32)33)14-17-7-8-20(28)11-22(17)30/h3-11H,12-15H2,1-2H3,(H,32,33)/t27-/m1/s1. The lowest BCUT2D eigenvalue weighted by molar-refractivity contribution is -0.137. The summed E-state index contributed by atoms with van der Waals surface area (Å²) in [5, 5.41) is 9.39. The van der Waals surface area contributed by atoms with E-state index in [1.165, 1.54) is 31.4 Å². The smallest absolute Gasteiger partial charge is 0.323 e. The first-order valence-corrected chi connectivity index (χ1v) is 12.0. The zero-order chi connectivity index (χ0) is 26.0. The highest BCUT2D eigenvalue weighted by molar-refractivity contribution is 9.10. The molecule has 0 fully saturated rings. The molecule has 9 heteroatoms. The number of rotatable bonds is 8. The maximum Gasteiger partial charge on any atom is 0.323 e. The number of benzene rings is 3. The van der Waals surface area contributed by atoms with E-state index in [1.54, 1.807) is 30.3 Å². The fourth-order valence-electron chi connectivity index (χ4n) is 4.41. The van der Waals surface area contributed by atoms with Crippen LogP contribution in [0.5, 0.6) is 11.5 Å². The van der Waals surface area contributed by atoms with Crippen molar-refractivity contribution in [3.8, 4) is 11.5 Å². The maximum absolute atomic E-state index is 14.4. The van der Waals surface area contributed by atoms with E-state index < -0.39 is 29.8 Å². The normalized spacial score (nSPS) is 16.2. The summed E-state index contributed by atoms with van der Waals surface area (Å²) in [6.45, 7) is 1.01. The number of carbonyl (C=O) groups excluding carboxylic acids is 1. The molecule has 1 atom stereocenters. The van der Waals surface area contributed by atoms with Crippen molar-refractivity contribution < 1.29 is 33.0 Å². The third-order valence-corrected chi connectivity index (χ3v) is 6.52. The third kappa shape index (κ3) is 5.51. The molecule has 1 aliphatic heterocycles. The van der Waals surface area contributed by atoms with Gasteiger partial charge in [-0.2, -0.15) is 0 Å². The predicted octanol–water partition coefficient (Wildman–Crippen LogP) is 5.40. The Labute approximate surface area is 215 Å². The van der Waals surface area contributed by atoms with Gasteiger partial charge >= 0.3 is 5.97 Å². The predicted molar refractivity (Wildman–Crippen MR) is 132 cm³/mol. The minimum atomic E-state index is -1.23. The highest BCUT2D eigenvalue weighted by atomic mass is 79.9. The molecule has 1 heterocycles. The van der Waals surface area contributed by atoms with Crippen LogP contribution >= 0.6 is 15.9 Å². The van der Waals surface area contributed by atoms with Gasteiger partial charge in [-0.15, -0.1) is 0 Å². The van der Waals surface area contributed by atoms with E-state index in [1.807, 2.05) is 6.92 Å². The van der Waals surface area contributed by atoms with Gasteiger partial charge in [-0.05, 0) is 42.8 Å². The van der Waals surface area contributed by atoms with Crippen molar-refractivity contribution in [2.75, 3.05) is 13.7 Å². The Kier molecular flexibility index (Phi) is 7.31. The zero-order valence-corrected chi connectivity index (χ0v) is 21.3. The molecule has 188 valence electrons. The number of fused-ring (bicyclic) bond motifs is 1. The first-order chi connectivity index (χ1) is 17.1. The molecule has 3 aromatic carbocycles. The second-order valence-electron chi connectivity index (χ2n) is 8.95. The molecular formula is C27H24BrF2NO5. The number of hydrogen-bond donors (Lipinski definition) is 1. The summed E-state index contributed by atoms with van der Waals surface area (Å²) in [7, 11) is 1.44. The fourth-order valence-corrected chi connectivity index (χ4v) is 4.74. The highest BCUT2D eigenvalue weighted by Crippen LogP contribution is 2.44. The molecule has 4 rings (SSSR count). The number of ether oxygens (including phenoxy) is 2. The van der Waals surface area contributed by atoms with E-state index in [0.29, 0.717) is 39.9 Å². The minimum Gasteiger partial charge on any atom is -0.493 e. The number of halogens is 3. The molecule has 0 spiro atoms. The molecular weight excluding hydrogens is 536 g/mol. The van der Waals surface area contributed by atoms with Crippen LogP contribution in [0.4, 0.5) is 8.78 Å². The van der Waals surface area contributed by atoms with Gasteiger partial charge in [0.25, 0.3) is 5.91 Å². The van der Waals surface area contributed by atoms with Gasteiger partial charge < -0.3 is 19.5 Å². The second kappa shape index (κ2) is 10.3.